The van der Waals surface area contributed by atoms with Crippen LogP contribution < -0.4 is 11.0 Å². The normalized spacial score (nSPS) is 19.8. The van der Waals surface area contributed by atoms with E-state index in [1.165, 1.54) is 0 Å². The Kier molecular flexibility index (Phi) is 3.93. The summed E-state index contributed by atoms with van der Waals surface area (Å²) in [5.74, 6) is 1.35. The quantitative estimate of drug-likeness (QED) is 0.800. The summed E-state index contributed by atoms with van der Waals surface area (Å²) in [5.41, 5.74) is 3.30. The number of aliphatic imine (C=N–C) groups is 1. The lowest BCUT2D eigenvalue weighted by molar-refractivity contribution is -0.405. The zero-order chi connectivity index (χ0) is 19.3. The number of hydrogen-bond acceptors (Lipinski definition) is 7. The van der Waals surface area contributed by atoms with Gasteiger partial charge >= 0.3 is 11.5 Å². The third-order valence-electron chi connectivity index (χ3n) is 5.42. The van der Waals surface area contributed by atoms with Crippen molar-refractivity contribution in [2.45, 2.75) is 32.2 Å². The monoisotopic (exact) mass is 381 g/mol. The molecule has 3 aliphatic rings. The summed E-state index contributed by atoms with van der Waals surface area (Å²) in [4.78, 5) is 26.2. The Bertz CT molecular complexity index is 1140. The Labute approximate surface area is 160 Å². The van der Waals surface area contributed by atoms with Crippen LogP contribution in [0.5, 0.6) is 0 Å². The number of imidazole rings is 1. The highest BCUT2D eigenvalue weighted by molar-refractivity contribution is 5.96. The third-order valence-corrected chi connectivity index (χ3v) is 5.42. The Balaban J connectivity index is 1.54. The van der Waals surface area contributed by atoms with Gasteiger partial charge in [0.25, 0.3) is 6.34 Å². The van der Waals surface area contributed by atoms with Crippen LogP contribution in [0.4, 0.5) is 5.95 Å². The molecule has 0 aliphatic carbocycles. The van der Waals surface area contributed by atoms with Crippen LogP contribution in [0.15, 0.2) is 32.4 Å². The van der Waals surface area contributed by atoms with E-state index in [1.807, 2.05) is 13.1 Å². The van der Waals surface area contributed by atoms with Gasteiger partial charge in [-0.3, -0.25) is 9.13 Å². The molecule has 5 rings (SSSR count). The van der Waals surface area contributed by atoms with Crippen molar-refractivity contribution in [2.75, 3.05) is 18.5 Å². The summed E-state index contributed by atoms with van der Waals surface area (Å²) in [5, 5.41) is 7.47. The van der Waals surface area contributed by atoms with Gasteiger partial charge in [-0.1, -0.05) is 4.68 Å². The van der Waals surface area contributed by atoms with E-state index >= 15 is 0 Å². The minimum atomic E-state index is -0.0692. The highest BCUT2D eigenvalue weighted by Crippen LogP contribution is 2.24. The van der Waals surface area contributed by atoms with Crippen molar-refractivity contribution >= 4 is 35.5 Å². The fourth-order valence-corrected chi connectivity index (χ4v) is 3.80. The van der Waals surface area contributed by atoms with Crippen molar-refractivity contribution in [2.24, 2.45) is 17.1 Å². The molecule has 1 fully saturated rings. The van der Waals surface area contributed by atoms with Crippen LogP contribution in [0.3, 0.4) is 0 Å². The Morgan fingerprint density at radius 2 is 2.14 bits per heavy atom. The molecular weight excluding hydrogens is 360 g/mol. The van der Waals surface area contributed by atoms with Crippen molar-refractivity contribution in [1.29, 1.82) is 0 Å². The van der Waals surface area contributed by atoms with E-state index in [4.69, 9.17) is 4.74 Å². The van der Waals surface area contributed by atoms with E-state index in [9.17, 15) is 4.79 Å². The standard InChI is InChI=1S/C18H21N8O2/c1-11-7-15-20-10-21-25(15)9-13(11)22-17-19-8-14-16(23-17)26(18(27)24(14)2)12-3-5-28-6-4-12/h8-10,12H,3-7H2,1-2H3,(H,19,22,23)/q+1. The topological polar surface area (TPSA) is 102 Å². The Hall–Kier alpha value is -3.14. The minimum Gasteiger partial charge on any atom is -0.381 e. The van der Waals surface area contributed by atoms with E-state index in [0.717, 1.165) is 35.5 Å². The molecule has 0 atom stereocenters. The number of anilines is 1. The Morgan fingerprint density at radius 1 is 1.32 bits per heavy atom. The zero-order valence-electron chi connectivity index (χ0n) is 15.8. The molecule has 10 heteroatoms. The van der Waals surface area contributed by atoms with E-state index in [-0.39, 0.29) is 11.7 Å². The molecule has 0 aromatic carbocycles. The average Bonchev–Trinajstić information content (AvgIpc) is 3.25. The molecule has 5 heterocycles. The molecule has 144 valence electrons. The number of amidine groups is 1. The van der Waals surface area contributed by atoms with Gasteiger partial charge < -0.3 is 10.1 Å². The average molecular weight is 381 g/mol. The molecule has 28 heavy (non-hydrogen) atoms. The van der Waals surface area contributed by atoms with Crippen LogP contribution in [-0.4, -0.2) is 55.4 Å². The number of aromatic nitrogens is 4. The first-order valence-electron chi connectivity index (χ1n) is 9.33. The van der Waals surface area contributed by atoms with Crippen LogP contribution in [0.25, 0.3) is 11.2 Å². The molecule has 10 nitrogen and oxygen atoms in total. The second kappa shape index (κ2) is 6.48. The molecule has 0 spiro atoms. The van der Waals surface area contributed by atoms with Crippen LogP contribution in [0.1, 0.15) is 32.2 Å². The summed E-state index contributed by atoms with van der Waals surface area (Å²) < 4.78 is 10.6. The third kappa shape index (κ3) is 2.68. The lowest BCUT2D eigenvalue weighted by Crippen LogP contribution is -2.30. The van der Waals surface area contributed by atoms with Crippen LogP contribution in [0.2, 0.25) is 0 Å². The highest BCUT2D eigenvalue weighted by Gasteiger charge is 2.27. The van der Waals surface area contributed by atoms with E-state index in [1.54, 1.807) is 33.4 Å². The maximum Gasteiger partial charge on any atom is 0.330 e. The van der Waals surface area contributed by atoms with Crippen molar-refractivity contribution < 1.29 is 9.42 Å². The SMILES string of the molecule is CC1=C(Nc2ncc3c(n2)n(C2CCOCC2)c(=O)n3C)C=[N+]2N=CN=C2C1. The molecule has 0 amide bonds. The molecule has 0 bridgehead atoms. The smallest absolute Gasteiger partial charge is 0.330 e. The van der Waals surface area contributed by atoms with Crippen molar-refractivity contribution in [1.82, 2.24) is 19.1 Å². The highest BCUT2D eigenvalue weighted by atomic mass is 16.5. The van der Waals surface area contributed by atoms with Gasteiger partial charge in [0.1, 0.15) is 11.7 Å². The maximum absolute atomic E-state index is 12.8. The Morgan fingerprint density at radius 3 is 2.96 bits per heavy atom. The molecule has 1 N–H and O–H groups in total. The molecule has 2 aromatic heterocycles. The number of allylic oxidation sites excluding steroid dienone is 1. The molecular formula is C18H21N8O2+. The van der Waals surface area contributed by atoms with Crippen LogP contribution in [0, 0.1) is 0 Å². The molecule has 3 aliphatic heterocycles. The number of aryl methyl sites for hydroxylation is 1. The van der Waals surface area contributed by atoms with Gasteiger partial charge in [0, 0.05) is 26.3 Å². The van der Waals surface area contributed by atoms with Gasteiger partial charge in [0.05, 0.1) is 18.3 Å². The first kappa shape index (κ1) is 17.0. The minimum absolute atomic E-state index is 0.0692. The lowest BCUT2D eigenvalue weighted by atomic mass is 10.1. The van der Waals surface area contributed by atoms with E-state index in [0.29, 0.717) is 31.2 Å². The number of hydrazone groups is 1. The first-order valence-corrected chi connectivity index (χ1v) is 9.33. The molecule has 0 unspecified atom stereocenters. The van der Waals surface area contributed by atoms with Gasteiger partial charge in [-0.15, -0.1) is 0 Å². The van der Waals surface area contributed by atoms with E-state index < -0.39 is 0 Å². The first-order chi connectivity index (χ1) is 13.6. The van der Waals surface area contributed by atoms with Gasteiger partial charge in [0.2, 0.25) is 5.95 Å². The molecule has 1 saturated heterocycles. The van der Waals surface area contributed by atoms with Gasteiger partial charge in [-0.2, -0.15) is 4.98 Å². The number of nitrogens with one attached hydrogen (secondary N) is 1. The molecule has 0 radical (unpaired) electrons. The second-order valence-electron chi connectivity index (χ2n) is 7.20. The predicted molar refractivity (Wildman–Crippen MR) is 105 cm³/mol. The number of fused-ring (bicyclic) bond motifs is 2. The van der Waals surface area contributed by atoms with Gasteiger partial charge in [0.15, 0.2) is 5.65 Å². The number of hydrogen-bond donors (Lipinski definition) is 1. The van der Waals surface area contributed by atoms with Gasteiger partial charge in [-0.05, 0) is 35.4 Å². The predicted octanol–water partition coefficient (Wildman–Crippen LogP) is 1.01. The summed E-state index contributed by atoms with van der Waals surface area (Å²) >= 11 is 0. The van der Waals surface area contributed by atoms with Gasteiger partial charge in [-0.25, -0.2) is 9.78 Å². The van der Waals surface area contributed by atoms with E-state index in [2.05, 4.69) is 25.4 Å². The largest absolute Gasteiger partial charge is 0.381 e. The summed E-state index contributed by atoms with van der Waals surface area (Å²) in [6.45, 7) is 3.35. The zero-order valence-corrected chi connectivity index (χ0v) is 15.8. The summed E-state index contributed by atoms with van der Waals surface area (Å²) in [7, 11) is 1.75. The number of ether oxygens (including phenoxy) is 1. The van der Waals surface area contributed by atoms with Crippen LogP contribution in [-0.2, 0) is 11.8 Å². The van der Waals surface area contributed by atoms with Crippen LogP contribution >= 0.6 is 0 Å². The molecule has 0 saturated carbocycles. The lowest BCUT2D eigenvalue weighted by Gasteiger charge is -2.22. The fraction of sp³-hybridized carbons (Fsp3) is 0.444. The number of rotatable bonds is 3. The number of nitrogens with zero attached hydrogens (tertiary/aromatic N) is 7. The van der Waals surface area contributed by atoms with Crippen molar-refractivity contribution in [3.05, 3.63) is 28.0 Å². The molecule has 2 aromatic rings. The maximum atomic E-state index is 12.8. The summed E-state index contributed by atoms with van der Waals surface area (Å²) in [6.07, 6.45) is 7.44. The fourth-order valence-electron chi connectivity index (χ4n) is 3.80. The van der Waals surface area contributed by atoms with Crippen molar-refractivity contribution in [3.63, 3.8) is 0 Å². The van der Waals surface area contributed by atoms with Crippen molar-refractivity contribution in [3.8, 4) is 0 Å². The second-order valence-corrected chi connectivity index (χ2v) is 7.20. The summed E-state index contributed by atoms with van der Waals surface area (Å²) in [6, 6.07) is 0.0904.